The summed E-state index contributed by atoms with van der Waals surface area (Å²) < 4.78 is 5.17. The third kappa shape index (κ3) is 3.01. The molecule has 3 nitrogen and oxygen atoms in total. The first-order valence-electron chi connectivity index (χ1n) is 4.79. The summed E-state index contributed by atoms with van der Waals surface area (Å²) in [6.07, 6.45) is 1.38. The Morgan fingerprint density at radius 3 is 2.56 bits per heavy atom. The van der Waals surface area contributed by atoms with Crippen LogP contribution < -0.4 is 4.74 Å². The molecule has 0 atom stereocenters. The molecular weight excluding hydrogens is 315 g/mol. The molecule has 1 aromatic carbocycles. The Balaban J connectivity index is 2.34. The summed E-state index contributed by atoms with van der Waals surface area (Å²) in [4.78, 5) is 8.86. The molecule has 0 spiro atoms. The van der Waals surface area contributed by atoms with E-state index in [9.17, 15) is 0 Å². The lowest BCUT2D eigenvalue weighted by Gasteiger charge is -2.08. The lowest BCUT2D eigenvalue weighted by atomic mass is 10.4. The Hall–Kier alpha value is -0.680. The third-order valence-electron chi connectivity index (χ3n) is 2.04. The quantitative estimate of drug-likeness (QED) is 0.774. The molecule has 0 bridgehead atoms. The van der Waals surface area contributed by atoms with Gasteiger partial charge in [0.15, 0.2) is 10.9 Å². The minimum Gasteiger partial charge on any atom is -0.491 e. The Kier molecular flexibility index (Phi) is 4.56. The van der Waals surface area contributed by atoms with Crippen molar-refractivity contribution in [3.63, 3.8) is 0 Å². The minimum atomic E-state index is 0.273. The molecular formula is C11H7Cl3N2OS. The lowest BCUT2D eigenvalue weighted by molar-refractivity contribution is 0.398. The van der Waals surface area contributed by atoms with Crippen LogP contribution in [0.4, 0.5) is 0 Å². The number of benzene rings is 1. The molecule has 0 unspecified atom stereocenters. The van der Waals surface area contributed by atoms with Crippen molar-refractivity contribution in [1.82, 2.24) is 9.97 Å². The predicted molar refractivity (Wildman–Crippen MR) is 74.2 cm³/mol. The van der Waals surface area contributed by atoms with E-state index in [2.05, 4.69) is 9.97 Å². The van der Waals surface area contributed by atoms with Gasteiger partial charge in [-0.05, 0) is 18.2 Å². The Labute approximate surface area is 123 Å². The molecule has 0 fully saturated rings. The molecule has 2 rings (SSSR count). The number of nitrogens with zero attached hydrogens (tertiary/aromatic N) is 2. The summed E-state index contributed by atoms with van der Waals surface area (Å²) in [5.41, 5.74) is 0. The normalized spacial score (nSPS) is 10.4. The predicted octanol–water partition coefficient (Wildman–Crippen LogP) is 4.60. The van der Waals surface area contributed by atoms with E-state index >= 15 is 0 Å². The molecule has 0 saturated carbocycles. The molecule has 0 radical (unpaired) electrons. The van der Waals surface area contributed by atoms with Gasteiger partial charge in [-0.2, -0.15) is 0 Å². The zero-order valence-corrected chi connectivity index (χ0v) is 12.2. The van der Waals surface area contributed by atoms with Gasteiger partial charge >= 0.3 is 0 Å². The highest BCUT2D eigenvalue weighted by atomic mass is 35.5. The molecule has 7 heteroatoms. The molecule has 0 amide bonds. The molecule has 0 N–H and O–H groups in total. The van der Waals surface area contributed by atoms with Crippen LogP contribution in [0.3, 0.4) is 0 Å². The summed E-state index contributed by atoms with van der Waals surface area (Å²) in [6.45, 7) is 0. The van der Waals surface area contributed by atoms with Gasteiger partial charge < -0.3 is 4.74 Å². The van der Waals surface area contributed by atoms with Crippen molar-refractivity contribution in [2.45, 2.75) is 9.92 Å². The maximum atomic E-state index is 5.95. The first kappa shape index (κ1) is 13.7. The topological polar surface area (TPSA) is 35.0 Å². The zero-order valence-electron chi connectivity index (χ0n) is 9.15. The number of methoxy groups -OCH3 is 1. The van der Waals surface area contributed by atoms with E-state index in [0.29, 0.717) is 20.8 Å². The van der Waals surface area contributed by atoms with E-state index < -0.39 is 0 Å². The van der Waals surface area contributed by atoms with Crippen LogP contribution in [-0.4, -0.2) is 17.1 Å². The first-order valence-corrected chi connectivity index (χ1v) is 6.74. The van der Waals surface area contributed by atoms with Crippen LogP contribution >= 0.6 is 46.6 Å². The average Bonchev–Trinajstić information content (AvgIpc) is 2.34. The fraction of sp³-hybridized carbons (Fsp3) is 0.0909. The van der Waals surface area contributed by atoms with Gasteiger partial charge in [-0.25, -0.2) is 9.97 Å². The van der Waals surface area contributed by atoms with Gasteiger partial charge in [0.1, 0.15) is 11.4 Å². The van der Waals surface area contributed by atoms with Crippen molar-refractivity contribution in [3.8, 4) is 5.75 Å². The van der Waals surface area contributed by atoms with E-state index in [4.69, 9.17) is 39.5 Å². The Morgan fingerprint density at radius 1 is 1.11 bits per heavy atom. The molecule has 94 valence electrons. The highest BCUT2D eigenvalue weighted by Gasteiger charge is 2.12. The fourth-order valence-electron chi connectivity index (χ4n) is 1.23. The smallest absolute Gasteiger partial charge is 0.188 e. The SMILES string of the molecule is COc1c(Cl)ncnc1Sc1ccc(Cl)c(Cl)c1. The van der Waals surface area contributed by atoms with E-state index in [0.717, 1.165) is 4.90 Å². The number of ether oxygens (including phenoxy) is 1. The Morgan fingerprint density at radius 2 is 1.89 bits per heavy atom. The monoisotopic (exact) mass is 320 g/mol. The molecule has 0 aliphatic carbocycles. The van der Waals surface area contributed by atoms with Crippen molar-refractivity contribution in [2.75, 3.05) is 7.11 Å². The van der Waals surface area contributed by atoms with Gasteiger partial charge in [0.2, 0.25) is 0 Å². The van der Waals surface area contributed by atoms with E-state index in [1.54, 1.807) is 12.1 Å². The summed E-state index contributed by atoms with van der Waals surface area (Å²) in [7, 11) is 1.52. The van der Waals surface area contributed by atoms with Crippen LogP contribution in [0.25, 0.3) is 0 Å². The van der Waals surface area contributed by atoms with Crippen molar-refractivity contribution < 1.29 is 4.74 Å². The maximum Gasteiger partial charge on any atom is 0.188 e. The number of rotatable bonds is 3. The highest BCUT2D eigenvalue weighted by molar-refractivity contribution is 7.99. The number of halogens is 3. The summed E-state index contributed by atoms with van der Waals surface area (Å²) in [5, 5.41) is 1.89. The Bertz CT molecular complexity index is 580. The molecule has 18 heavy (non-hydrogen) atoms. The van der Waals surface area contributed by atoms with E-state index in [1.807, 2.05) is 6.07 Å². The summed E-state index contributed by atoms with van der Waals surface area (Å²) in [6, 6.07) is 5.32. The van der Waals surface area contributed by atoms with Crippen LogP contribution in [0.1, 0.15) is 0 Å². The van der Waals surface area contributed by atoms with Crippen LogP contribution in [0.5, 0.6) is 5.75 Å². The molecule has 0 saturated heterocycles. The molecule has 1 aromatic heterocycles. The van der Waals surface area contributed by atoms with E-state index in [-0.39, 0.29) is 5.15 Å². The van der Waals surface area contributed by atoms with E-state index in [1.165, 1.54) is 25.2 Å². The highest BCUT2D eigenvalue weighted by Crippen LogP contribution is 2.38. The van der Waals surface area contributed by atoms with Gasteiger partial charge in [0.05, 0.1) is 17.2 Å². The standard InChI is InChI=1S/C11H7Cl3N2OS/c1-17-9-10(14)15-5-16-11(9)18-6-2-3-7(12)8(13)4-6/h2-5H,1H3. The van der Waals surface area contributed by atoms with Crippen molar-refractivity contribution >= 4 is 46.6 Å². The number of aromatic nitrogens is 2. The van der Waals surface area contributed by atoms with Gasteiger partial charge in [-0.3, -0.25) is 0 Å². The van der Waals surface area contributed by atoms with Gasteiger partial charge in [0.25, 0.3) is 0 Å². The molecule has 1 heterocycles. The van der Waals surface area contributed by atoms with Gasteiger partial charge in [-0.1, -0.05) is 46.6 Å². The molecule has 0 aliphatic heterocycles. The minimum absolute atomic E-state index is 0.273. The largest absolute Gasteiger partial charge is 0.491 e. The molecule has 0 aliphatic rings. The van der Waals surface area contributed by atoms with Crippen molar-refractivity contribution in [1.29, 1.82) is 0 Å². The molecule has 2 aromatic rings. The summed E-state index contributed by atoms with van der Waals surface area (Å²) >= 11 is 19.1. The van der Waals surface area contributed by atoms with Gasteiger partial charge in [-0.15, -0.1) is 0 Å². The average molecular weight is 322 g/mol. The van der Waals surface area contributed by atoms with Crippen LogP contribution in [0.15, 0.2) is 34.4 Å². The van der Waals surface area contributed by atoms with Crippen molar-refractivity contribution in [2.24, 2.45) is 0 Å². The number of hydrogen-bond acceptors (Lipinski definition) is 4. The number of hydrogen-bond donors (Lipinski definition) is 0. The summed E-state index contributed by atoms with van der Waals surface area (Å²) in [5.74, 6) is 0.440. The third-order valence-corrected chi connectivity index (χ3v) is 4.02. The van der Waals surface area contributed by atoms with Gasteiger partial charge in [0, 0.05) is 4.90 Å². The fourth-order valence-corrected chi connectivity index (χ4v) is 2.77. The zero-order chi connectivity index (χ0) is 13.1. The second-order valence-electron chi connectivity index (χ2n) is 3.18. The second kappa shape index (κ2) is 5.97. The van der Waals surface area contributed by atoms with Crippen LogP contribution in [0, 0.1) is 0 Å². The van der Waals surface area contributed by atoms with Crippen molar-refractivity contribution in [3.05, 3.63) is 39.7 Å². The maximum absolute atomic E-state index is 5.95. The van der Waals surface area contributed by atoms with Crippen LogP contribution in [0.2, 0.25) is 15.2 Å². The first-order chi connectivity index (χ1) is 8.61. The second-order valence-corrected chi connectivity index (χ2v) is 5.42. The lowest BCUT2D eigenvalue weighted by Crippen LogP contribution is -1.92. The van der Waals surface area contributed by atoms with Crippen LogP contribution in [-0.2, 0) is 0 Å².